The highest BCUT2D eigenvalue weighted by molar-refractivity contribution is 9.10. The summed E-state index contributed by atoms with van der Waals surface area (Å²) in [7, 11) is 3.07. The van der Waals surface area contributed by atoms with Crippen molar-refractivity contribution in [3.05, 3.63) is 83.4 Å². The van der Waals surface area contributed by atoms with E-state index in [-0.39, 0.29) is 6.03 Å². The number of nitrogens with one attached hydrogen (secondary N) is 1. The number of amides is 2. The Morgan fingerprint density at radius 3 is 2.32 bits per heavy atom. The van der Waals surface area contributed by atoms with Gasteiger partial charge in [0.2, 0.25) is 5.95 Å². The lowest BCUT2D eigenvalue weighted by Crippen LogP contribution is -2.50. The number of carbonyl (C=O) groups is 1. The Kier molecular flexibility index (Phi) is 7.26. The number of fused-ring (bicyclic) bond motifs is 1. The zero-order chi connectivity index (χ0) is 27.1. The second kappa shape index (κ2) is 10.5. The highest BCUT2D eigenvalue weighted by atomic mass is 79.9. The van der Waals surface area contributed by atoms with Crippen LogP contribution in [0, 0.1) is 0 Å². The van der Waals surface area contributed by atoms with E-state index in [0.717, 1.165) is 14.6 Å². The van der Waals surface area contributed by atoms with Gasteiger partial charge in [-0.2, -0.15) is 4.98 Å². The van der Waals surface area contributed by atoms with Gasteiger partial charge in [-0.05, 0) is 35.9 Å². The molecule has 13 heteroatoms. The van der Waals surface area contributed by atoms with Crippen molar-refractivity contribution in [1.29, 1.82) is 0 Å². The van der Waals surface area contributed by atoms with Crippen molar-refractivity contribution in [3.63, 3.8) is 0 Å². The molecule has 198 valence electrons. The number of rotatable bonds is 4. The number of benzene rings is 2. The number of aryl methyl sites for hydroxylation is 1. The van der Waals surface area contributed by atoms with Crippen molar-refractivity contribution >= 4 is 68.0 Å². The summed E-state index contributed by atoms with van der Waals surface area (Å²) in [6.07, 6.45) is 0. The number of aromatic nitrogens is 4. The molecule has 0 radical (unpaired) electrons. The van der Waals surface area contributed by atoms with Crippen LogP contribution in [0.5, 0.6) is 0 Å². The van der Waals surface area contributed by atoms with Gasteiger partial charge in [-0.3, -0.25) is 18.5 Å². The van der Waals surface area contributed by atoms with Gasteiger partial charge >= 0.3 is 11.7 Å². The first kappa shape index (κ1) is 26.3. The van der Waals surface area contributed by atoms with E-state index in [9.17, 15) is 14.4 Å². The molecule has 38 heavy (non-hydrogen) atoms. The van der Waals surface area contributed by atoms with Crippen LogP contribution in [-0.2, 0) is 20.6 Å². The lowest BCUT2D eigenvalue weighted by molar-refractivity contribution is 0.208. The van der Waals surface area contributed by atoms with Crippen LogP contribution in [0.3, 0.4) is 0 Å². The van der Waals surface area contributed by atoms with E-state index < -0.39 is 11.2 Å². The molecule has 2 aromatic carbocycles. The average Bonchev–Trinajstić information content (AvgIpc) is 3.29. The number of anilines is 2. The van der Waals surface area contributed by atoms with Crippen LogP contribution < -0.4 is 21.5 Å². The number of hydrogen-bond donors (Lipinski definition) is 1. The SMILES string of the molecule is Cn1c(=O)c2c(nc(N3CCN(C(=O)Nc4ccc(Cl)c(Cl)c4)CC3)n2Cc2ccc(Br)cc2)n(C)c1=O. The number of imidazole rings is 1. The van der Waals surface area contributed by atoms with Crippen molar-refractivity contribution in [2.24, 2.45) is 14.1 Å². The van der Waals surface area contributed by atoms with E-state index in [0.29, 0.717) is 65.6 Å². The summed E-state index contributed by atoms with van der Waals surface area (Å²) in [5, 5.41) is 3.62. The standard InChI is InChI=1S/C25H24BrCl2N7O3/c1-31-21-20(22(36)32(2)25(31)38)35(14-15-3-5-16(26)6-4-15)23(30-21)33-9-11-34(12-10-33)24(37)29-17-7-8-18(27)19(28)13-17/h3-8,13H,9-12,14H2,1-2H3,(H,29,37). The highest BCUT2D eigenvalue weighted by Crippen LogP contribution is 2.26. The molecule has 5 rings (SSSR count). The van der Waals surface area contributed by atoms with Gasteiger partial charge in [0.15, 0.2) is 11.2 Å². The van der Waals surface area contributed by atoms with Crippen molar-refractivity contribution in [2.75, 3.05) is 36.4 Å². The molecule has 2 aromatic heterocycles. The maximum Gasteiger partial charge on any atom is 0.332 e. The zero-order valence-corrected chi connectivity index (χ0v) is 23.7. The second-order valence-corrected chi connectivity index (χ2v) is 10.8. The smallest absolute Gasteiger partial charge is 0.332 e. The lowest BCUT2D eigenvalue weighted by Gasteiger charge is -2.35. The van der Waals surface area contributed by atoms with Crippen LogP contribution in [-0.4, -0.2) is 55.8 Å². The highest BCUT2D eigenvalue weighted by Gasteiger charge is 2.27. The zero-order valence-electron chi connectivity index (χ0n) is 20.6. The predicted molar refractivity (Wildman–Crippen MR) is 153 cm³/mol. The Morgan fingerprint density at radius 1 is 0.974 bits per heavy atom. The molecule has 1 saturated heterocycles. The van der Waals surface area contributed by atoms with Crippen molar-refractivity contribution < 1.29 is 4.79 Å². The number of hydrogen-bond acceptors (Lipinski definition) is 5. The monoisotopic (exact) mass is 619 g/mol. The number of urea groups is 1. The van der Waals surface area contributed by atoms with Gasteiger partial charge in [0, 0.05) is 50.4 Å². The topological polar surface area (TPSA) is 97.4 Å². The fourth-order valence-corrected chi connectivity index (χ4v) is 5.05. The quantitative estimate of drug-likeness (QED) is 0.373. The van der Waals surface area contributed by atoms with E-state index in [1.807, 2.05) is 33.7 Å². The third-order valence-electron chi connectivity index (χ3n) is 6.60. The minimum Gasteiger partial charge on any atom is -0.339 e. The number of halogens is 3. The van der Waals surface area contributed by atoms with Crippen LogP contribution in [0.4, 0.5) is 16.4 Å². The fourth-order valence-electron chi connectivity index (χ4n) is 4.48. The first-order valence-electron chi connectivity index (χ1n) is 11.8. The molecule has 10 nitrogen and oxygen atoms in total. The molecule has 0 spiro atoms. The molecular weight excluding hydrogens is 597 g/mol. The van der Waals surface area contributed by atoms with Gasteiger partial charge in [0.1, 0.15) is 0 Å². The molecule has 0 unspecified atom stereocenters. The Bertz CT molecular complexity index is 1650. The van der Waals surface area contributed by atoms with Crippen molar-refractivity contribution in [3.8, 4) is 0 Å². The molecule has 0 atom stereocenters. The van der Waals surface area contributed by atoms with Gasteiger partial charge < -0.3 is 15.1 Å². The molecule has 0 aliphatic carbocycles. The normalized spacial score (nSPS) is 13.8. The number of nitrogens with zero attached hydrogens (tertiary/aromatic N) is 6. The Morgan fingerprint density at radius 2 is 1.66 bits per heavy atom. The molecule has 1 aliphatic heterocycles. The van der Waals surface area contributed by atoms with E-state index in [1.165, 1.54) is 11.6 Å². The average molecular weight is 621 g/mol. The molecule has 1 fully saturated rings. The van der Waals surface area contributed by atoms with Gasteiger partial charge in [-0.15, -0.1) is 0 Å². The first-order valence-corrected chi connectivity index (χ1v) is 13.4. The van der Waals surface area contributed by atoms with E-state index in [1.54, 1.807) is 30.1 Å². The Balaban J connectivity index is 1.43. The molecule has 4 aromatic rings. The molecule has 0 bridgehead atoms. The van der Waals surface area contributed by atoms with E-state index in [2.05, 4.69) is 21.2 Å². The van der Waals surface area contributed by atoms with Crippen molar-refractivity contribution in [2.45, 2.75) is 6.54 Å². The largest absolute Gasteiger partial charge is 0.339 e. The van der Waals surface area contributed by atoms with Crippen LogP contribution in [0.15, 0.2) is 56.5 Å². The second-order valence-electron chi connectivity index (χ2n) is 9.04. The summed E-state index contributed by atoms with van der Waals surface area (Å²) in [6.45, 7) is 2.25. The van der Waals surface area contributed by atoms with Gasteiger partial charge in [0.25, 0.3) is 5.56 Å². The summed E-state index contributed by atoms with van der Waals surface area (Å²) in [5.74, 6) is 0.575. The predicted octanol–water partition coefficient (Wildman–Crippen LogP) is 3.91. The van der Waals surface area contributed by atoms with Gasteiger partial charge in [-0.25, -0.2) is 9.59 Å². The van der Waals surface area contributed by atoms with Crippen LogP contribution >= 0.6 is 39.1 Å². The first-order chi connectivity index (χ1) is 18.1. The number of carbonyl (C=O) groups excluding carboxylic acids is 1. The van der Waals surface area contributed by atoms with Crippen molar-refractivity contribution in [1.82, 2.24) is 23.6 Å². The molecule has 2 amide bonds. The molecule has 3 heterocycles. The summed E-state index contributed by atoms with van der Waals surface area (Å²) in [4.78, 5) is 47.2. The van der Waals surface area contributed by atoms with Gasteiger partial charge in [-0.1, -0.05) is 51.3 Å². The maximum absolute atomic E-state index is 13.2. The molecule has 1 N–H and O–H groups in total. The molecule has 1 aliphatic rings. The molecule has 0 saturated carbocycles. The fraction of sp³-hybridized carbons (Fsp3) is 0.280. The summed E-state index contributed by atoms with van der Waals surface area (Å²) < 4.78 is 5.29. The maximum atomic E-state index is 13.2. The van der Waals surface area contributed by atoms with Gasteiger partial charge in [0.05, 0.1) is 16.6 Å². The van der Waals surface area contributed by atoms with E-state index in [4.69, 9.17) is 28.2 Å². The third kappa shape index (κ3) is 4.93. The lowest BCUT2D eigenvalue weighted by atomic mass is 10.2. The molecular formula is C25H24BrCl2N7O3. The summed E-state index contributed by atoms with van der Waals surface area (Å²) >= 11 is 15.5. The summed E-state index contributed by atoms with van der Waals surface area (Å²) in [5.41, 5.74) is 1.37. The van der Waals surface area contributed by atoms with Crippen LogP contribution in [0.2, 0.25) is 10.0 Å². The Hall–Kier alpha value is -3.28. The third-order valence-corrected chi connectivity index (χ3v) is 7.87. The van der Waals surface area contributed by atoms with Crippen LogP contribution in [0.25, 0.3) is 11.2 Å². The summed E-state index contributed by atoms with van der Waals surface area (Å²) in [6, 6.07) is 12.5. The minimum atomic E-state index is -0.439. The van der Waals surface area contributed by atoms with Crippen LogP contribution in [0.1, 0.15) is 5.56 Å². The van der Waals surface area contributed by atoms with E-state index >= 15 is 0 Å². The minimum absolute atomic E-state index is 0.248. The Labute approximate surface area is 236 Å². The number of piperazine rings is 1.